The minimum Gasteiger partial charge on any atom is -0.332 e. The zero-order chi connectivity index (χ0) is 14.4. The lowest BCUT2D eigenvalue weighted by Gasteiger charge is -2.20. The second-order valence-electron chi connectivity index (χ2n) is 4.07. The number of hydrogen-bond acceptors (Lipinski definition) is 6. The number of rotatable bonds is 5. The van der Waals surface area contributed by atoms with E-state index in [1.54, 1.807) is 11.1 Å². The number of nitrogens with two attached hydrogens (primary N) is 1. The van der Waals surface area contributed by atoms with Crippen molar-refractivity contribution in [1.29, 1.82) is 0 Å². The van der Waals surface area contributed by atoms with Gasteiger partial charge in [-0.05, 0) is 19.1 Å². The Bertz CT molecular complexity index is 574. The summed E-state index contributed by atoms with van der Waals surface area (Å²) in [5, 5.41) is 0. The number of carbonyl (C=O) groups excluding carboxylic acids is 1. The summed E-state index contributed by atoms with van der Waals surface area (Å²) in [4.78, 5) is 26.3. The minimum absolute atomic E-state index is 0.206. The van der Waals surface area contributed by atoms with Crippen LogP contribution >= 0.6 is 0 Å². The molecule has 0 atom stereocenters. The van der Waals surface area contributed by atoms with Gasteiger partial charge in [-0.3, -0.25) is 14.8 Å². The molecule has 2 aromatic heterocycles. The zero-order valence-corrected chi connectivity index (χ0v) is 11.2. The highest BCUT2D eigenvalue weighted by Crippen LogP contribution is 2.08. The highest BCUT2D eigenvalue weighted by Gasteiger charge is 2.17. The number of nitrogens with one attached hydrogen (secondary N) is 1. The van der Waals surface area contributed by atoms with Crippen molar-refractivity contribution in [2.24, 2.45) is 5.84 Å². The van der Waals surface area contributed by atoms with Crippen LogP contribution in [-0.4, -0.2) is 32.3 Å². The molecule has 0 fully saturated rings. The number of anilines is 1. The second kappa shape index (κ2) is 6.58. The molecule has 0 aliphatic carbocycles. The Balaban J connectivity index is 2.16. The SMILES string of the molecule is CCN(Cc1ccccn1)C(=O)c1cncc(NN)n1. The molecule has 7 heteroatoms. The topological polar surface area (TPSA) is 97.0 Å². The Kier molecular flexibility index (Phi) is 4.56. The average molecular weight is 272 g/mol. The van der Waals surface area contributed by atoms with Crippen LogP contribution in [-0.2, 0) is 6.54 Å². The standard InChI is InChI=1S/C13H16N6O/c1-2-19(9-10-5-3-4-6-16-10)13(20)11-7-15-8-12(17-11)18-14/h3-8H,2,9,14H2,1H3,(H,17,18). The Labute approximate surface area is 116 Å². The summed E-state index contributed by atoms with van der Waals surface area (Å²) in [5.74, 6) is 5.41. The Morgan fingerprint density at radius 2 is 2.25 bits per heavy atom. The van der Waals surface area contributed by atoms with E-state index in [2.05, 4.69) is 20.4 Å². The van der Waals surface area contributed by atoms with Gasteiger partial charge in [0.05, 0.1) is 24.6 Å². The van der Waals surface area contributed by atoms with Crippen molar-refractivity contribution in [2.45, 2.75) is 13.5 Å². The molecule has 7 nitrogen and oxygen atoms in total. The van der Waals surface area contributed by atoms with Gasteiger partial charge in [-0.2, -0.15) is 0 Å². The lowest BCUT2D eigenvalue weighted by molar-refractivity contribution is 0.0744. The number of aromatic nitrogens is 3. The van der Waals surface area contributed by atoms with E-state index >= 15 is 0 Å². The third kappa shape index (κ3) is 3.27. The maximum Gasteiger partial charge on any atom is 0.274 e. The normalized spacial score (nSPS) is 10.1. The van der Waals surface area contributed by atoms with Gasteiger partial charge in [0.2, 0.25) is 0 Å². The molecule has 2 heterocycles. The van der Waals surface area contributed by atoms with Gasteiger partial charge >= 0.3 is 0 Å². The van der Waals surface area contributed by atoms with Crippen LogP contribution < -0.4 is 11.3 Å². The molecule has 0 radical (unpaired) electrons. The van der Waals surface area contributed by atoms with Crippen molar-refractivity contribution in [3.8, 4) is 0 Å². The fourth-order valence-corrected chi connectivity index (χ4v) is 1.71. The molecule has 0 unspecified atom stereocenters. The molecule has 3 N–H and O–H groups in total. The lowest BCUT2D eigenvalue weighted by atomic mass is 10.3. The van der Waals surface area contributed by atoms with Crippen molar-refractivity contribution in [1.82, 2.24) is 19.9 Å². The number of nitrogen functional groups attached to an aromatic ring is 1. The van der Waals surface area contributed by atoms with Gasteiger partial charge in [-0.1, -0.05) is 6.07 Å². The van der Waals surface area contributed by atoms with Crippen molar-refractivity contribution in [3.63, 3.8) is 0 Å². The third-order valence-corrected chi connectivity index (χ3v) is 2.75. The molecule has 1 amide bonds. The van der Waals surface area contributed by atoms with E-state index in [1.807, 2.05) is 25.1 Å². The lowest BCUT2D eigenvalue weighted by Crippen LogP contribution is -2.31. The summed E-state index contributed by atoms with van der Waals surface area (Å²) in [7, 11) is 0. The fraction of sp³-hybridized carbons (Fsp3) is 0.231. The zero-order valence-electron chi connectivity index (χ0n) is 11.2. The van der Waals surface area contributed by atoms with Crippen LogP contribution in [0.15, 0.2) is 36.8 Å². The predicted octanol–water partition coefficient (Wildman–Crippen LogP) is 0.819. The van der Waals surface area contributed by atoms with E-state index in [4.69, 9.17) is 5.84 Å². The average Bonchev–Trinajstić information content (AvgIpc) is 2.53. The van der Waals surface area contributed by atoms with Gasteiger partial charge in [0.15, 0.2) is 5.82 Å². The second-order valence-corrected chi connectivity index (χ2v) is 4.07. The molecule has 0 spiro atoms. The summed E-state index contributed by atoms with van der Waals surface area (Å²) in [6, 6.07) is 5.60. The number of carbonyl (C=O) groups is 1. The van der Waals surface area contributed by atoms with E-state index in [1.165, 1.54) is 12.4 Å². The predicted molar refractivity (Wildman–Crippen MR) is 74.5 cm³/mol. The molecule has 20 heavy (non-hydrogen) atoms. The van der Waals surface area contributed by atoms with Crippen LogP contribution in [0.1, 0.15) is 23.1 Å². The number of hydrazine groups is 1. The summed E-state index contributed by atoms with van der Waals surface area (Å²) in [6.07, 6.45) is 4.57. The molecule has 2 rings (SSSR count). The summed E-state index contributed by atoms with van der Waals surface area (Å²) >= 11 is 0. The number of pyridine rings is 1. The maximum absolute atomic E-state index is 12.4. The first-order chi connectivity index (χ1) is 9.74. The summed E-state index contributed by atoms with van der Waals surface area (Å²) in [5.41, 5.74) is 3.44. The molecule has 104 valence electrons. The maximum atomic E-state index is 12.4. The number of amides is 1. The molecule has 0 bridgehead atoms. The van der Waals surface area contributed by atoms with Gasteiger partial charge in [0, 0.05) is 12.7 Å². The van der Waals surface area contributed by atoms with Crippen LogP contribution in [0.3, 0.4) is 0 Å². The van der Waals surface area contributed by atoms with E-state index < -0.39 is 0 Å². The highest BCUT2D eigenvalue weighted by molar-refractivity contribution is 5.92. The summed E-state index contributed by atoms with van der Waals surface area (Å²) in [6.45, 7) is 2.88. The van der Waals surface area contributed by atoms with E-state index in [0.29, 0.717) is 18.9 Å². The molecular weight excluding hydrogens is 256 g/mol. The fourth-order valence-electron chi connectivity index (χ4n) is 1.71. The molecule has 0 aromatic carbocycles. The Morgan fingerprint density at radius 1 is 1.40 bits per heavy atom. The van der Waals surface area contributed by atoms with Crippen molar-refractivity contribution in [2.75, 3.05) is 12.0 Å². The molecule has 0 aliphatic rings. The van der Waals surface area contributed by atoms with Crippen LogP contribution in [0.2, 0.25) is 0 Å². The van der Waals surface area contributed by atoms with Gasteiger partial charge in [-0.15, -0.1) is 0 Å². The van der Waals surface area contributed by atoms with Crippen molar-refractivity contribution < 1.29 is 4.79 Å². The Hall–Kier alpha value is -2.54. The van der Waals surface area contributed by atoms with E-state index in [9.17, 15) is 4.79 Å². The van der Waals surface area contributed by atoms with E-state index in [0.717, 1.165) is 5.69 Å². The molecule has 0 saturated heterocycles. The Morgan fingerprint density at radius 3 is 2.90 bits per heavy atom. The summed E-state index contributed by atoms with van der Waals surface area (Å²) < 4.78 is 0. The van der Waals surface area contributed by atoms with Crippen LogP contribution in [0, 0.1) is 0 Å². The van der Waals surface area contributed by atoms with Gasteiger partial charge in [-0.25, -0.2) is 10.8 Å². The monoisotopic (exact) mass is 272 g/mol. The van der Waals surface area contributed by atoms with Crippen LogP contribution in [0.5, 0.6) is 0 Å². The smallest absolute Gasteiger partial charge is 0.274 e. The first-order valence-corrected chi connectivity index (χ1v) is 6.22. The van der Waals surface area contributed by atoms with Crippen LogP contribution in [0.25, 0.3) is 0 Å². The van der Waals surface area contributed by atoms with Crippen LogP contribution in [0.4, 0.5) is 5.82 Å². The van der Waals surface area contributed by atoms with Crippen molar-refractivity contribution >= 4 is 11.7 Å². The molecular formula is C13H16N6O. The highest BCUT2D eigenvalue weighted by atomic mass is 16.2. The molecule has 0 saturated carbocycles. The number of hydrogen-bond donors (Lipinski definition) is 2. The third-order valence-electron chi connectivity index (χ3n) is 2.75. The molecule has 2 aromatic rings. The largest absolute Gasteiger partial charge is 0.332 e. The minimum atomic E-state index is -0.206. The van der Waals surface area contributed by atoms with E-state index in [-0.39, 0.29) is 11.6 Å². The first kappa shape index (κ1) is 13.9. The van der Waals surface area contributed by atoms with Gasteiger partial charge < -0.3 is 10.3 Å². The first-order valence-electron chi connectivity index (χ1n) is 6.22. The van der Waals surface area contributed by atoms with Crippen molar-refractivity contribution in [3.05, 3.63) is 48.2 Å². The number of nitrogens with zero attached hydrogens (tertiary/aromatic N) is 4. The quantitative estimate of drug-likeness (QED) is 0.618. The van der Waals surface area contributed by atoms with Gasteiger partial charge in [0.1, 0.15) is 5.69 Å². The molecule has 0 aliphatic heterocycles. The van der Waals surface area contributed by atoms with Gasteiger partial charge in [0.25, 0.3) is 5.91 Å².